The summed E-state index contributed by atoms with van der Waals surface area (Å²) in [5.74, 6) is 0.877. The third-order valence-electron chi connectivity index (χ3n) is 4.52. The number of carbonyl (C=O) groups excluding carboxylic acids is 1. The molecular formula is C21H22N4O. The minimum atomic E-state index is -0.181. The van der Waals surface area contributed by atoms with Crippen molar-refractivity contribution in [2.75, 3.05) is 0 Å². The highest BCUT2D eigenvalue weighted by Gasteiger charge is 2.26. The Hall–Kier alpha value is -2.95. The van der Waals surface area contributed by atoms with Crippen molar-refractivity contribution in [3.8, 4) is 5.69 Å². The molecular weight excluding hydrogens is 324 g/mol. The van der Waals surface area contributed by atoms with E-state index in [0.717, 1.165) is 42.8 Å². The minimum absolute atomic E-state index is 0.181. The molecule has 0 aliphatic heterocycles. The third kappa shape index (κ3) is 3.82. The van der Waals surface area contributed by atoms with Crippen LogP contribution in [0.15, 0.2) is 54.6 Å². The predicted octanol–water partition coefficient (Wildman–Crippen LogP) is 3.25. The maximum Gasteiger partial charge on any atom is 0.291 e. The molecule has 1 aromatic heterocycles. The Morgan fingerprint density at radius 1 is 1.12 bits per heavy atom. The first-order valence-electron chi connectivity index (χ1n) is 9.07. The molecule has 5 nitrogen and oxygen atoms in total. The second-order valence-electron chi connectivity index (χ2n) is 6.84. The second-order valence-corrected chi connectivity index (χ2v) is 6.84. The van der Waals surface area contributed by atoms with E-state index < -0.39 is 0 Å². The Kier molecular flexibility index (Phi) is 4.52. The van der Waals surface area contributed by atoms with E-state index in [4.69, 9.17) is 0 Å². The van der Waals surface area contributed by atoms with Gasteiger partial charge in [0.15, 0.2) is 0 Å². The van der Waals surface area contributed by atoms with Gasteiger partial charge in [-0.25, -0.2) is 9.67 Å². The molecule has 0 atom stereocenters. The summed E-state index contributed by atoms with van der Waals surface area (Å²) in [6.45, 7) is 2.05. The molecule has 1 heterocycles. The van der Waals surface area contributed by atoms with Crippen molar-refractivity contribution < 1.29 is 4.79 Å². The molecule has 0 saturated heterocycles. The highest BCUT2D eigenvalue weighted by atomic mass is 16.2. The number of benzene rings is 2. The molecule has 0 bridgehead atoms. The molecule has 132 valence electrons. The van der Waals surface area contributed by atoms with Crippen LogP contribution in [0.3, 0.4) is 0 Å². The monoisotopic (exact) mass is 346 g/mol. The zero-order valence-electron chi connectivity index (χ0n) is 14.9. The number of hydrogen-bond acceptors (Lipinski definition) is 3. The lowest BCUT2D eigenvalue weighted by Gasteiger charge is -2.07. The Morgan fingerprint density at radius 2 is 1.92 bits per heavy atom. The fourth-order valence-electron chi connectivity index (χ4n) is 2.95. The van der Waals surface area contributed by atoms with E-state index in [2.05, 4.69) is 33.6 Å². The number of nitrogens with one attached hydrogen (secondary N) is 1. The first kappa shape index (κ1) is 16.5. The van der Waals surface area contributed by atoms with Gasteiger partial charge in [-0.2, -0.15) is 0 Å². The van der Waals surface area contributed by atoms with Crippen LogP contribution in [-0.2, 0) is 12.8 Å². The molecule has 1 N–H and O–H groups in total. The van der Waals surface area contributed by atoms with Gasteiger partial charge in [-0.1, -0.05) is 42.5 Å². The van der Waals surface area contributed by atoms with Gasteiger partial charge in [-0.3, -0.25) is 4.79 Å². The molecule has 26 heavy (non-hydrogen) atoms. The zero-order valence-corrected chi connectivity index (χ0v) is 14.9. The van der Waals surface area contributed by atoms with Crippen LogP contribution >= 0.6 is 0 Å². The fraction of sp³-hybridized carbons (Fsp3) is 0.286. The normalized spacial score (nSPS) is 13.6. The quantitative estimate of drug-likeness (QED) is 0.745. The SMILES string of the molecule is Cc1cccc(-n2nc(C(=O)NC3CC3)nc2CCc2ccccc2)c1. The average Bonchev–Trinajstić information content (AvgIpc) is 3.36. The van der Waals surface area contributed by atoms with E-state index in [0.29, 0.717) is 6.04 Å². The first-order valence-corrected chi connectivity index (χ1v) is 9.07. The largest absolute Gasteiger partial charge is 0.347 e. The molecule has 3 aromatic rings. The lowest BCUT2D eigenvalue weighted by molar-refractivity contribution is 0.0940. The topological polar surface area (TPSA) is 59.8 Å². The van der Waals surface area contributed by atoms with E-state index in [1.165, 1.54) is 5.56 Å². The summed E-state index contributed by atoms with van der Waals surface area (Å²) in [7, 11) is 0. The van der Waals surface area contributed by atoms with Gasteiger partial charge in [0.2, 0.25) is 5.82 Å². The summed E-state index contributed by atoms with van der Waals surface area (Å²) in [5.41, 5.74) is 3.33. The van der Waals surface area contributed by atoms with E-state index >= 15 is 0 Å². The number of rotatable bonds is 6. The summed E-state index contributed by atoms with van der Waals surface area (Å²) < 4.78 is 1.80. The highest BCUT2D eigenvalue weighted by Crippen LogP contribution is 2.19. The molecule has 0 spiro atoms. The van der Waals surface area contributed by atoms with Gasteiger partial charge in [-0.15, -0.1) is 5.10 Å². The van der Waals surface area contributed by atoms with Crippen molar-refractivity contribution in [3.05, 3.63) is 77.4 Å². The Balaban J connectivity index is 1.63. The van der Waals surface area contributed by atoms with E-state index in [-0.39, 0.29) is 11.7 Å². The Bertz CT molecular complexity index is 913. The van der Waals surface area contributed by atoms with Crippen LogP contribution in [0.2, 0.25) is 0 Å². The number of nitrogens with zero attached hydrogens (tertiary/aromatic N) is 3. The molecule has 1 aliphatic carbocycles. The molecule has 2 aromatic carbocycles. The van der Waals surface area contributed by atoms with Crippen molar-refractivity contribution in [2.45, 2.75) is 38.6 Å². The average molecular weight is 346 g/mol. The van der Waals surface area contributed by atoms with Crippen LogP contribution in [0.25, 0.3) is 5.69 Å². The molecule has 1 saturated carbocycles. The van der Waals surface area contributed by atoms with Crippen molar-refractivity contribution in [3.63, 3.8) is 0 Å². The lowest BCUT2D eigenvalue weighted by atomic mass is 10.1. The molecule has 1 amide bonds. The maximum atomic E-state index is 12.4. The van der Waals surface area contributed by atoms with Gasteiger partial charge in [0.1, 0.15) is 5.82 Å². The minimum Gasteiger partial charge on any atom is -0.347 e. The highest BCUT2D eigenvalue weighted by molar-refractivity contribution is 5.90. The van der Waals surface area contributed by atoms with Gasteiger partial charge in [0.25, 0.3) is 5.91 Å². The van der Waals surface area contributed by atoms with Gasteiger partial charge >= 0.3 is 0 Å². The summed E-state index contributed by atoms with van der Waals surface area (Å²) in [6.07, 6.45) is 3.67. The summed E-state index contributed by atoms with van der Waals surface area (Å²) >= 11 is 0. The van der Waals surface area contributed by atoms with E-state index in [1.807, 2.05) is 43.3 Å². The number of aromatic nitrogens is 3. The van der Waals surface area contributed by atoms with E-state index in [1.54, 1.807) is 4.68 Å². The second kappa shape index (κ2) is 7.12. The molecule has 0 radical (unpaired) electrons. The molecule has 1 aliphatic rings. The van der Waals surface area contributed by atoms with Gasteiger partial charge in [-0.05, 0) is 49.4 Å². The summed E-state index contributed by atoms with van der Waals surface area (Å²) in [6, 6.07) is 18.7. The van der Waals surface area contributed by atoms with Crippen molar-refractivity contribution >= 4 is 5.91 Å². The van der Waals surface area contributed by atoms with Crippen LogP contribution in [-0.4, -0.2) is 26.7 Å². The lowest BCUT2D eigenvalue weighted by Crippen LogP contribution is -2.26. The van der Waals surface area contributed by atoms with Gasteiger partial charge in [0, 0.05) is 12.5 Å². The predicted molar refractivity (Wildman–Crippen MR) is 100 cm³/mol. The van der Waals surface area contributed by atoms with Crippen LogP contribution in [0, 0.1) is 6.92 Å². The van der Waals surface area contributed by atoms with Crippen LogP contribution < -0.4 is 5.32 Å². The van der Waals surface area contributed by atoms with Gasteiger partial charge in [0.05, 0.1) is 5.69 Å². The number of carbonyl (C=O) groups is 1. The first-order chi connectivity index (χ1) is 12.7. The third-order valence-corrected chi connectivity index (χ3v) is 4.52. The fourth-order valence-corrected chi connectivity index (χ4v) is 2.95. The molecule has 0 unspecified atom stereocenters. The maximum absolute atomic E-state index is 12.4. The smallest absolute Gasteiger partial charge is 0.291 e. The van der Waals surface area contributed by atoms with Gasteiger partial charge < -0.3 is 5.32 Å². The van der Waals surface area contributed by atoms with E-state index in [9.17, 15) is 4.79 Å². The van der Waals surface area contributed by atoms with Crippen molar-refractivity contribution in [1.29, 1.82) is 0 Å². The van der Waals surface area contributed by atoms with Crippen molar-refractivity contribution in [1.82, 2.24) is 20.1 Å². The molecule has 5 heteroatoms. The summed E-state index contributed by atoms with van der Waals surface area (Å²) in [5, 5.41) is 7.48. The zero-order chi connectivity index (χ0) is 17.9. The summed E-state index contributed by atoms with van der Waals surface area (Å²) in [4.78, 5) is 16.9. The molecule has 1 fully saturated rings. The Labute approximate surface area is 153 Å². The molecule has 4 rings (SSSR count). The Morgan fingerprint density at radius 3 is 2.65 bits per heavy atom. The van der Waals surface area contributed by atoms with Crippen molar-refractivity contribution in [2.24, 2.45) is 0 Å². The number of hydrogen-bond donors (Lipinski definition) is 1. The van der Waals surface area contributed by atoms with Crippen LogP contribution in [0.4, 0.5) is 0 Å². The standard InChI is InChI=1S/C21H22N4O/c1-15-6-5-9-18(14-15)25-19(13-10-16-7-3-2-4-8-16)23-20(24-25)21(26)22-17-11-12-17/h2-9,14,17H,10-13H2,1H3,(H,22,26). The number of aryl methyl sites for hydroxylation is 3. The van der Waals surface area contributed by atoms with Crippen LogP contribution in [0.1, 0.15) is 40.4 Å². The number of amides is 1. The van der Waals surface area contributed by atoms with Crippen LogP contribution in [0.5, 0.6) is 0 Å².